The second kappa shape index (κ2) is 7.16. The lowest BCUT2D eigenvalue weighted by Crippen LogP contribution is -2.53. The van der Waals surface area contributed by atoms with Gasteiger partial charge in [-0.3, -0.25) is 4.90 Å². The predicted octanol–water partition coefficient (Wildman–Crippen LogP) is 2.26. The topological polar surface area (TPSA) is 35.9 Å². The zero-order chi connectivity index (χ0) is 16.3. The molecule has 0 saturated carbocycles. The summed E-state index contributed by atoms with van der Waals surface area (Å²) in [5.74, 6) is -0.0488. The average Bonchev–Trinajstić information content (AvgIpc) is 3.01. The molecule has 0 aromatic heterocycles. The van der Waals surface area contributed by atoms with Crippen molar-refractivity contribution < 1.29 is 14.2 Å². The summed E-state index contributed by atoms with van der Waals surface area (Å²) >= 11 is 0. The predicted molar refractivity (Wildman–Crippen MR) is 88.1 cm³/mol. The van der Waals surface area contributed by atoms with Crippen LogP contribution >= 0.6 is 0 Å². The summed E-state index contributed by atoms with van der Waals surface area (Å²) in [5.41, 5.74) is 0.404. The maximum atomic E-state index is 13.5. The van der Waals surface area contributed by atoms with Crippen molar-refractivity contribution in [2.75, 3.05) is 39.8 Å². The lowest BCUT2D eigenvalue weighted by atomic mass is 9.92. The average molecular weight is 322 g/mol. The molecule has 5 heteroatoms. The molecule has 1 aromatic carbocycles. The van der Waals surface area contributed by atoms with Crippen molar-refractivity contribution in [3.05, 3.63) is 29.6 Å². The Bertz CT molecular complexity index is 534. The molecule has 1 aromatic rings. The Kier molecular flexibility index (Phi) is 5.19. The van der Waals surface area contributed by atoms with Gasteiger partial charge in [-0.1, -0.05) is 6.07 Å². The minimum absolute atomic E-state index is 0.284. The first-order valence-electron chi connectivity index (χ1n) is 8.57. The Morgan fingerprint density at radius 3 is 2.65 bits per heavy atom. The minimum atomic E-state index is -0.618. The van der Waals surface area contributed by atoms with Crippen molar-refractivity contribution in [1.82, 2.24) is 9.80 Å². The molecular weight excluding hydrogens is 295 g/mol. The number of halogens is 1. The lowest BCUT2D eigenvalue weighted by Gasteiger charge is -2.41. The molecule has 23 heavy (non-hydrogen) atoms. The highest BCUT2D eigenvalue weighted by atomic mass is 19.1. The van der Waals surface area contributed by atoms with E-state index in [9.17, 15) is 9.50 Å². The van der Waals surface area contributed by atoms with Crippen LogP contribution < -0.4 is 4.74 Å². The summed E-state index contributed by atoms with van der Waals surface area (Å²) in [5, 5.41) is 11.0. The van der Waals surface area contributed by atoms with Gasteiger partial charge in [0.2, 0.25) is 0 Å². The summed E-state index contributed by atoms with van der Waals surface area (Å²) in [4.78, 5) is 4.65. The summed E-state index contributed by atoms with van der Waals surface area (Å²) in [7, 11) is 1.48. The van der Waals surface area contributed by atoms with Gasteiger partial charge < -0.3 is 14.7 Å². The molecule has 0 amide bonds. The molecule has 1 atom stereocenters. The Balaban J connectivity index is 1.61. The van der Waals surface area contributed by atoms with Crippen LogP contribution in [0.25, 0.3) is 0 Å². The fourth-order valence-electron chi connectivity index (χ4n) is 3.89. The Labute approximate surface area is 137 Å². The van der Waals surface area contributed by atoms with Crippen molar-refractivity contribution in [3.63, 3.8) is 0 Å². The molecule has 0 bridgehead atoms. The van der Waals surface area contributed by atoms with Gasteiger partial charge in [0.1, 0.15) is 0 Å². The number of rotatable bonds is 5. The van der Waals surface area contributed by atoms with Crippen molar-refractivity contribution in [1.29, 1.82) is 0 Å². The van der Waals surface area contributed by atoms with Gasteiger partial charge in [-0.15, -0.1) is 0 Å². The first-order valence-corrected chi connectivity index (χ1v) is 8.57. The van der Waals surface area contributed by atoms with Crippen LogP contribution in [0.15, 0.2) is 18.2 Å². The molecule has 0 aliphatic carbocycles. The highest BCUT2D eigenvalue weighted by molar-refractivity contribution is 5.30. The van der Waals surface area contributed by atoms with Gasteiger partial charge in [-0.05, 0) is 63.0 Å². The monoisotopic (exact) mass is 322 g/mol. The molecule has 128 valence electrons. The maximum Gasteiger partial charge on any atom is 0.165 e. The third-order valence-electron chi connectivity index (χ3n) is 4.97. The first kappa shape index (κ1) is 16.7. The third kappa shape index (κ3) is 4.22. The number of methoxy groups -OCH3 is 1. The number of ether oxygens (including phenoxy) is 1. The third-order valence-corrected chi connectivity index (χ3v) is 4.97. The fraction of sp³-hybridized carbons (Fsp3) is 0.667. The van der Waals surface area contributed by atoms with E-state index in [-0.39, 0.29) is 11.6 Å². The number of β-amino-alcohol motifs (C(OH)–C–C–N with tert-alkyl or cyclic N) is 1. The number of likely N-dealkylation sites (tertiary alicyclic amines) is 2. The quantitative estimate of drug-likeness (QED) is 0.902. The smallest absolute Gasteiger partial charge is 0.165 e. The number of benzene rings is 1. The second-order valence-corrected chi connectivity index (χ2v) is 6.99. The van der Waals surface area contributed by atoms with Crippen LogP contribution in [0.3, 0.4) is 0 Å². The molecule has 2 heterocycles. The molecular formula is C18H27FN2O2. The van der Waals surface area contributed by atoms with Crippen LogP contribution in [0, 0.1) is 5.82 Å². The van der Waals surface area contributed by atoms with E-state index in [0.717, 1.165) is 51.1 Å². The van der Waals surface area contributed by atoms with Gasteiger partial charge in [-0.2, -0.15) is 0 Å². The van der Waals surface area contributed by atoms with Gasteiger partial charge >= 0.3 is 0 Å². The Morgan fingerprint density at radius 2 is 1.91 bits per heavy atom. The molecule has 2 aliphatic heterocycles. The number of hydrogen-bond donors (Lipinski definition) is 1. The second-order valence-electron chi connectivity index (χ2n) is 6.99. The van der Waals surface area contributed by atoms with Gasteiger partial charge in [0.05, 0.1) is 12.7 Å². The van der Waals surface area contributed by atoms with E-state index in [0.29, 0.717) is 6.54 Å². The molecule has 0 unspecified atom stereocenters. The molecule has 2 aliphatic rings. The molecule has 2 saturated heterocycles. The SMILES string of the molecule is COc1cc(CN2CCC[C@](O)(CN3CCCC3)C2)ccc1F. The number of piperidine rings is 1. The van der Waals surface area contributed by atoms with Crippen LogP contribution in [0.4, 0.5) is 4.39 Å². The van der Waals surface area contributed by atoms with Crippen molar-refractivity contribution in [2.45, 2.75) is 37.8 Å². The van der Waals surface area contributed by atoms with Gasteiger partial charge in [0.15, 0.2) is 11.6 Å². The lowest BCUT2D eigenvalue weighted by molar-refractivity contribution is -0.0519. The van der Waals surface area contributed by atoms with E-state index < -0.39 is 5.60 Å². The normalized spacial score (nSPS) is 26.6. The largest absolute Gasteiger partial charge is 0.494 e. The van der Waals surface area contributed by atoms with Gasteiger partial charge in [-0.25, -0.2) is 4.39 Å². The van der Waals surface area contributed by atoms with E-state index in [4.69, 9.17) is 4.74 Å². The van der Waals surface area contributed by atoms with E-state index >= 15 is 0 Å². The Hall–Kier alpha value is -1.17. The molecule has 0 radical (unpaired) electrons. The van der Waals surface area contributed by atoms with E-state index in [1.54, 1.807) is 12.1 Å². The number of aliphatic hydroxyl groups is 1. The van der Waals surface area contributed by atoms with Crippen LogP contribution in [0.1, 0.15) is 31.2 Å². The standard InChI is InChI=1S/C18H27FN2O2/c1-23-17-11-15(5-6-16(17)19)12-21-10-4-7-18(22,14-21)13-20-8-2-3-9-20/h5-6,11,22H,2-4,7-10,12-14H2,1H3/t18-/m0/s1. The highest BCUT2D eigenvalue weighted by Gasteiger charge is 2.35. The van der Waals surface area contributed by atoms with E-state index in [1.807, 2.05) is 0 Å². The van der Waals surface area contributed by atoms with E-state index in [2.05, 4.69) is 9.80 Å². The summed E-state index contributed by atoms with van der Waals surface area (Å²) in [6.45, 7) is 5.37. The summed E-state index contributed by atoms with van der Waals surface area (Å²) in [6, 6.07) is 5.00. The van der Waals surface area contributed by atoms with Gasteiger partial charge in [0, 0.05) is 19.6 Å². The van der Waals surface area contributed by atoms with Crippen molar-refractivity contribution in [2.24, 2.45) is 0 Å². The zero-order valence-corrected chi connectivity index (χ0v) is 13.9. The van der Waals surface area contributed by atoms with Crippen LogP contribution in [0.5, 0.6) is 5.75 Å². The zero-order valence-electron chi connectivity index (χ0n) is 13.9. The van der Waals surface area contributed by atoms with Gasteiger partial charge in [0.25, 0.3) is 0 Å². The summed E-state index contributed by atoms with van der Waals surface area (Å²) in [6.07, 6.45) is 4.36. The van der Waals surface area contributed by atoms with Crippen molar-refractivity contribution in [3.8, 4) is 5.75 Å². The fourth-order valence-corrected chi connectivity index (χ4v) is 3.89. The Morgan fingerprint density at radius 1 is 1.17 bits per heavy atom. The number of hydrogen-bond acceptors (Lipinski definition) is 4. The molecule has 2 fully saturated rings. The molecule has 1 N–H and O–H groups in total. The molecule has 0 spiro atoms. The van der Waals surface area contributed by atoms with Crippen LogP contribution in [-0.2, 0) is 6.54 Å². The first-order chi connectivity index (χ1) is 11.1. The van der Waals surface area contributed by atoms with Crippen LogP contribution in [0.2, 0.25) is 0 Å². The van der Waals surface area contributed by atoms with Crippen LogP contribution in [-0.4, -0.2) is 60.3 Å². The van der Waals surface area contributed by atoms with Crippen molar-refractivity contribution >= 4 is 0 Å². The minimum Gasteiger partial charge on any atom is -0.494 e. The van der Waals surface area contributed by atoms with E-state index in [1.165, 1.54) is 26.0 Å². The highest BCUT2D eigenvalue weighted by Crippen LogP contribution is 2.26. The molecule has 3 rings (SSSR count). The number of nitrogens with zero attached hydrogens (tertiary/aromatic N) is 2. The maximum absolute atomic E-state index is 13.5. The summed E-state index contributed by atoms with van der Waals surface area (Å²) < 4.78 is 18.6. The molecule has 4 nitrogen and oxygen atoms in total.